The van der Waals surface area contributed by atoms with Crippen molar-refractivity contribution in [2.45, 2.75) is 44.0 Å². The maximum absolute atomic E-state index is 12.9. The van der Waals surface area contributed by atoms with Gasteiger partial charge in [-0.3, -0.25) is 9.21 Å². The monoisotopic (exact) mass is 670 g/mol. The van der Waals surface area contributed by atoms with E-state index in [0.717, 1.165) is 57.0 Å². The molecule has 0 amide bonds. The fourth-order valence-corrected chi connectivity index (χ4v) is 7.64. The maximum Gasteiger partial charge on any atom is 0.237 e. The third kappa shape index (κ3) is 6.51. The molecule has 6 rings (SSSR count). The highest BCUT2D eigenvalue weighted by molar-refractivity contribution is 7.93. The number of sulfonamides is 1. The number of anilines is 6. The Morgan fingerprint density at radius 2 is 1.83 bits per heavy atom. The largest absolute Gasteiger partial charge is 0.494 e. The Bertz CT molecular complexity index is 1670. The number of piperazine rings is 1. The summed E-state index contributed by atoms with van der Waals surface area (Å²) in [6, 6.07) is 12.0. The number of benzene rings is 2. The summed E-state index contributed by atoms with van der Waals surface area (Å²) in [5.74, 6) is 2.03. The number of hydrogen-bond acceptors (Lipinski definition) is 11. The topological polar surface area (TPSA) is 115 Å². The fourth-order valence-electron chi connectivity index (χ4n) is 6.44. The molecule has 0 aliphatic carbocycles. The van der Waals surface area contributed by atoms with Crippen LogP contribution in [0.1, 0.15) is 26.7 Å². The Kier molecular flexibility index (Phi) is 9.38. The second-order valence-corrected chi connectivity index (χ2v) is 15.3. The zero-order valence-electron chi connectivity index (χ0n) is 27.0. The molecule has 14 heteroatoms. The van der Waals surface area contributed by atoms with E-state index >= 15 is 0 Å². The van der Waals surface area contributed by atoms with E-state index < -0.39 is 15.3 Å². The lowest BCUT2D eigenvalue weighted by Crippen LogP contribution is -2.57. The van der Waals surface area contributed by atoms with Crippen molar-refractivity contribution in [3.8, 4) is 11.5 Å². The third-order valence-electron chi connectivity index (χ3n) is 9.23. The number of hydrogen-bond donors (Lipinski definition) is 2. The number of piperidine rings is 1. The maximum atomic E-state index is 12.9. The Hall–Kier alpha value is -3.52. The lowest BCUT2D eigenvalue weighted by Gasteiger charge is -2.48. The zero-order valence-corrected chi connectivity index (χ0v) is 28.6. The van der Waals surface area contributed by atoms with Crippen LogP contribution in [-0.4, -0.2) is 106 Å². The van der Waals surface area contributed by atoms with Crippen molar-refractivity contribution in [1.29, 1.82) is 0 Å². The summed E-state index contributed by atoms with van der Waals surface area (Å²) in [6.07, 6.45) is 3.70. The Morgan fingerprint density at radius 1 is 1.07 bits per heavy atom. The minimum atomic E-state index is -3.55. The molecule has 0 spiro atoms. The van der Waals surface area contributed by atoms with E-state index in [9.17, 15) is 8.42 Å². The van der Waals surface area contributed by atoms with Gasteiger partial charge in [-0.1, -0.05) is 23.7 Å². The van der Waals surface area contributed by atoms with E-state index in [1.807, 2.05) is 18.2 Å². The van der Waals surface area contributed by atoms with Gasteiger partial charge < -0.3 is 29.9 Å². The molecule has 0 bridgehead atoms. The standard InChI is InChI=1S/C32H43ClN8O4S/c1-21(2)46(42,43)39(4)27-9-7-6-8-25(27)35-31-24(33)19-34-32(37-31)36-26-17-30-28(18-29(26)44-5)41-11-10-22(16-23(41)20-45-30)40-14-12-38(3)13-15-40/h6-9,17-19,21-23H,10-16,20H2,1-5H3,(H2,34,35,36,37)/t22-,23+/m0/s1. The number of nitrogens with zero attached hydrogens (tertiary/aromatic N) is 6. The van der Waals surface area contributed by atoms with Gasteiger partial charge in [0.1, 0.15) is 23.1 Å². The van der Waals surface area contributed by atoms with Crippen molar-refractivity contribution >= 4 is 56.1 Å². The van der Waals surface area contributed by atoms with E-state index in [1.54, 1.807) is 39.2 Å². The highest BCUT2D eigenvalue weighted by Crippen LogP contribution is 2.44. The van der Waals surface area contributed by atoms with E-state index in [4.69, 9.17) is 21.1 Å². The number of likely N-dealkylation sites (N-methyl/N-ethyl adjacent to an activating group) is 1. The smallest absolute Gasteiger partial charge is 0.237 e. The molecule has 3 aromatic rings. The molecule has 1 aromatic heterocycles. The Labute approximate surface area is 276 Å². The molecule has 3 aliphatic heterocycles. The van der Waals surface area contributed by atoms with E-state index in [2.05, 4.69) is 42.3 Å². The number of halogens is 1. The highest BCUT2D eigenvalue weighted by Gasteiger charge is 2.37. The first-order valence-corrected chi connectivity index (χ1v) is 17.6. The number of rotatable bonds is 9. The van der Waals surface area contributed by atoms with Gasteiger partial charge in [0, 0.05) is 57.9 Å². The van der Waals surface area contributed by atoms with Gasteiger partial charge in [0.05, 0.1) is 47.3 Å². The molecule has 0 radical (unpaired) electrons. The summed E-state index contributed by atoms with van der Waals surface area (Å²) >= 11 is 6.50. The predicted octanol–water partition coefficient (Wildman–Crippen LogP) is 4.78. The Morgan fingerprint density at radius 3 is 2.57 bits per heavy atom. The number of para-hydroxylation sites is 2. The molecule has 0 unspecified atom stereocenters. The molecule has 46 heavy (non-hydrogen) atoms. The zero-order chi connectivity index (χ0) is 32.6. The second-order valence-electron chi connectivity index (χ2n) is 12.4. The van der Waals surface area contributed by atoms with Crippen LogP contribution >= 0.6 is 11.6 Å². The molecule has 2 fully saturated rings. The van der Waals surface area contributed by atoms with Crippen molar-refractivity contribution < 1.29 is 17.9 Å². The van der Waals surface area contributed by atoms with Gasteiger partial charge in [-0.25, -0.2) is 13.4 Å². The van der Waals surface area contributed by atoms with Crippen LogP contribution in [0.3, 0.4) is 0 Å². The van der Waals surface area contributed by atoms with Gasteiger partial charge in [0.15, 0.2) is 5.82 Å². The number of fused-ring (bicyclic) bond motifs is 3. The average Bonchev–Trinajstić information content (AvgIpc) is 3.05. The predicted molar refractivity (Wildman–Crippen MR) is 184 cm³/mol. The summed E-state index contributed by atoms with van der Waals surface area (Å²) in [5, 5.41) is 6.16. The fraction of sp³-hybridized carbons (Fsp3) is 0.500. The minimum absolute atomic E-state index is 0.279. The highest BCUT2D eigenvalue weighted by atomic mass is 35.5. The molecule has 248 valence electrons. The molecule has 12 nitrogen and oxygen atoms in total. The number of aromatic nitrogens is 2. The normalized spacial score (nSPS) is 20.5. The first-order valence-electron chi connectivity index (χ1n) is 15.7. The summed E-state index contributed by atoms with van der Waals surface area (Å²) in [5.41, 5.74) is 2.70. The quantitative estimate of drug-likeness (QED) is 0.328. The average molecular weight is 671 g/mol. The summed E-state index contributed by atoms with van der Waals surface area (Å²) < 4.78 is 39.2. The van der Waals surface area contributed by atoms with E-state index in [0.29, 0.717) is 47.3 Å². The summed E-state index contributed by atoms with van der Waals surface area (Å²) in [4.78, 5) is 16.5. The molecular formula is C32H43ClN8O4S. The molecular weight excluding hydrogens is 628 g/mol. The molecule has 2 N–H and O–H groups in total. The van der Waals surface area contributed by atoms with Crippen LogP contribution in [-0.2, 0) is 10.0 Å². The van der Waals surface area contributed by atoms with Crippen molar-refractivity contribution in [3.05, 3.63) is 47.6 Å². The van der Waals surface area contributed by atoms with Crippen molar-refractivity contribution in [2.24, 2.45) is 0 Å². The van der Waals surface area contributed by atoms with Crippen LogP contribution in [0.5, 0.6) is 11.5 Å². The van der Waals surface area contributed by atoms with Gasteiger partial charge >= 0.3 is 0 Å². The van der Waals surface area contributed by atoms with Crippen LogP contribution in [0.4, 0.5) is 34.5 Å². The molecule has 4 heterocycles. The van der Waals surface area contributed by atoms with Gasteiger partial charge in [-0.05, 0) is 45.9 Å². The number of ether oxygens (including phenoxy) is 2. The van der Waals surface area contributed by atoms with E-state index in [1.165, 1.54) is 17.5 Å². The van der Waals surface area contributed by atoms with Gasteiger partial charge in [-0.2, -0.15) is 4.98 Å². The van der Waals surface area contributed by atoms with Crippen LogP contribution < -0.4 is 29.3 Å². The first kappa shape index (κ1) is 32.4. The van der Waals surface area contributed by atoms with Crippen LogP contribution in [0, 0.1) is 0 Å². The van der Waals surface area contributed by atoms with Gasteiger partial charge in [0.2, 0.25) is 16.0 Å². The molecule has 3 aliphatic rings. The first-order chi connectivity index (χ1) is 22.0. The minimum Gasteiger partial charge on any atom is -0.494 e. The van der Waals surface area contributed by atoms with Gasteiger partial charge in [-0.15, -0.1) is 0 Å². The second kappa shape index (κ2) is 13.3. The van der Waals surface area contributed by atoms with Crippen LogP contribution in [0.2, 0.25) is 5.02 Å². The molecule has 2 atom stereocenters. The van der Waals surface area contributed by atoms with Crippen LogP contribution in [0.25, 0.3) is 0 Å². The van der Waals surface area contributed by atoms with Gasteiger partial charge in [0.25, 0.3) is 0 Å². The van der Waals surface area contributed by atoms with Crippen molar-refractivity contribution in [1.82, 2.24) is 19.8 Å². The molecule has 0 saturated carbocycles. The Balaban J connectivity index is 1.20. The van der Waals surface area contributed by atoms with Crippen LogP contribution in [0.15, 0.2) is 42.6 Å². The SMILES string of the molecule is COc1cc2c(cc1Nc1ncc(Cl)c(Nc3ccccc3N(C)S(=O)(=O)C(C)C)n1)OC[C@H]1C[C@@H](N3CCN(C)CC3)CCN21. The molecule has 2 aromatic carbocycles. The third-order valence-corrected chi connectivity index (χ3v) is 11.7. The number of nitrogens with one attached hydrogen (secondary N) is 2. The molecule has 2 saturated heterocycles. The summed E-state index contributed by atoms with van der Waals surface area (Å²) in [6.45, 7) is 9.41. The number of methoxy groups -OCH3 is 1. The van der Waals surface area contributed by atoms with Crippen molar-refractivity contribution in [2.75, 3.05) is 80.4 Å². The summed E-state index contributed by atoms with van der Waals surface area (Å²) in [7, 11) is 1.82. The lowest BCUT2D eigenvalue weighted by atomic mass is 9.93. The van der Waals surface area contributed by atoms with Crippen molar-refractivity contribution in [3.63, 3.8) is 0 Å². The van der Waals surface area contributed by atoms with E-state index in [-0.39, 0.29) is 11.0 Å². The lowest BCUT2D eigenvalue weighted by molar-refractivity contribution is 0.0822.